The molecule has 0 amide bonds. The fourth-order valence-electron chi connectivity index (χ4n) is 3.94. The summed E-state index contributed by atoms with van der Waals surface area (Å²) in [5.74, 6) is 1.89. The average molecular weight is 480 g/mol. The van der Waals surface area contributed by atoms with Crippen molar-refractivity contribution in [1.29, 1.82) is 0 Å². The maximum Gasteiger partial charge on any atom is 0.230 e. The van der Waals surface area contributed by atoms with Gasteiger partial charge in [-0.2, -0.15) is 4.98 Å². The van der Waals surface area contributed by atoms with Crippen molar-refractivity contribution in [2.75, 3.05) is 63.7 Å². The number of aromatic nitrogens is 3. The molecule has 3 heterocycles. The normalized spacial score (nSPS) is 17.0. The van der Waals surface area contributed by atoms with Crippen LogP contribution in [0.1, 0.15) is 0 Å². The van der Waals surface area contributed by atoms with E-state index in [9.17, 15) is 0 Å². The lowest BCUT2D eigenvalue weighted by atomic mass is 10.1. The molecule has 0 saturated carbocycles. The first kappa shape index (κ1) is 22.9. The summed E-state index contributed by atoms with van der Waals surface area (Å²) in [4.78, 5) is 18.2. The molecule has 0 atom stereocenters. The highest BCUT2D eigenvalue weighted by Crippen LogP contribution is 2.25. The Balaban J connectivity index is 1.18. The van der Waals surface area contributed by atoms with Crippen LogP contribution in [0.4, 0.5) is 17.3 Å². The van der Waals surface area contributed by atoms with Gasteiger partial charge in [0.25, 0.3) is 0 Å². The summed E-state index contributed by atoms with van der Waals surface area (Å²) in [5.41, 5.74) is 3.08. The van der Waals surface area contributed by atoms with E-state index < -0.39 is 0 Å². The van der Waals surface area contributed by atoms with Crippen molar-refractivity contribution >= 4 is 29.6 Å². The number of anilines is 3. The third-order valence-corrected chi connectivity index (χ3v) is 6.47. The summed E-state index contributed by atoms with van der Waals surface area (Å²) < 4.78 is 12.8. The van der Waals surface area contributed by atoms with Crippen LogP contribution in [0.5, 0.6) is 5.75 Å². The number of hydrogen-bond acceptors (Lipinski definition) is 10. The monoisotopic (exact) mass is 479 g/mol. The van der Waals surface area contributed by atoms with Crippen molar-refractivity contribution in [3.05, 3.63) is 54.9 Å². The molecule has 2 saturated heterocycles. The quantitative estimate of drug-likeness (QED) is 0.384. The van der Waals surface area contributed by atoms with E-state index in [-0.39, 0.29) is 0 Å². The minimum absolute atomic E-state index is 0.512. The molecule has 1 N–H and O–H groups in total. The Morgan fingerprint density at radius 2 is 1.71 bits per heavy atom. The molecule has 1 aromatic heterocycles. The van der Waals surface area contributed by atoms with Crippen molar-refractivity contribution in [3.8, 4) is 17.1 Å². The molecule has 0 spiro atoms. The first-order valence-electron chi connectivity index (χ1n) is 11.4. The van der Waals surface area contributed by atoms with Gasteiger partial charge in [0.15, 0.2) is 5.82 Å². The zero-order valence-electron chi connectivity index (χ0n) is 19.4. The highest BCUT2D eigenvalue weighted by atomic mass is 32.2. The lowest BCUT2D eigenvalue weighted by Crippen LogP contribution is -2.56. The van der Waals surface area contributed by atoms with Gasteiger partial charge in [-0.1, -0.05) is 0 Å². The second kappa shape index (κ2) is 10.6. The Morgan fingerprint density at radius 3 is 2.35 bits per heavy atom. The molecule has 2 fully saturated rings. The SMILES string of the molecule is CN(C)SOc1ccc(-c2ncnc(Nc3ccc(N4CCN(C5COC5)CC4)cc3)n2)cc1. The smallest absolute Gasteiger partial charge is 0.230 e. The predicted octanol–water partition coefficient (Wildman–Crippen LogP) is 3.31. The molecule has 0 radical (unpaired) electrons. The second-order valence-electron chi connectivity index (χ2n) is 8.51. The van der Waals surface area contributed by atoms with E-state index in [1.54, 1.807) is 0 Å². The van der Waals surface area contributed by atoms with Gasteiger partial charge >= 0.3 is 0 Å². The zero-order chi connectivity index (χ0) is 23.3. The first-order chi connectivity index (χ1) is 16.6. The standard InChI is InChI=1S/C24H29N7O2S/c1-29(2)34-33-22-9-3-18(4-10-22)23-25-17-26-24(28-23)27-19-5-7-20(8-6-19)30-11-13-31(14-12-30)21-15-32-16-21/h3-10,17,21H,11-16H2,1-2H3,(H,25,26,27,28). The van der Waals surface area contributed by atoms with E-state index in [0.717, 1.165) is 56.4 Å². The van der Waals surface area contributed by atoms with Gasteiger partial charge in [0.05, 0.1) is 19.3 Å². The fraction of sp³-hybridized carbons (Fsp3) is 0.375. The van der Waals surface area contributed by atoms with Crippen molar-refractivity contribution in [2.24, 2.45) is 0 Å². The van der Waals surface area contributed by atoms with Gasteiger partial charge in [-0.25, -0.2) is 14.3 Å². The van der Waals surface area contributed by atoms with Crippen LogP contribution in [-0.2, 0) is 4.74 Å². The summed E-state index contributed by atoms with van der Waals surface area (Å²) in [6.45, 7) is 6.02. The predicted molar refractivity (Wildman–Crippen MR) is 135 cm³/mol. The summed E-state index contributed by atoms with van der Waals surface area (Å²) in [6.07, 6.45) is 1.53. The Bertz CT molecular complexity index is 1070. The molecule has 0 unspecified atom stereocenters. The van der Waals surface area contributed by atoms with Crippen molar-refractivity contribution in [3.63, 3.8) is 0 Å². The van der Waals surface area contributed by atoms with Crippen LogP contribution in [0.3, 0.4) is 0 Å². The van der Waals surface area contributed by atoms with Crippen LogP contribution < -0.4 is 14.4 Å². The number of ether oxygens (including phenoxy) is 1. The fourth-order valence-corrected chi connectivity index (χ4v) is 4.28. The van der Waals surface area contributed by atoms with Crippen LogP contribution in [0, 0.1) is 0 Å². The molecule has 3 aromatic rings. The maximum atomic E-state index is 5.60. The number of piperazine rings is 1. The van der Waals surface area contributed by atoms with Crippen LogP contribution in [0.15, 0.2) is 54.9 Å². The van der Waals surface area contributed by atoms with Gasteiger partial charge in [-0.05, 0) is 48.5 Å². The second-order valence-corrected chi connectivity index (χ2v) is 9.56. The van der Waals surface area contributed by atoms with E-state index in [1.807, 2.05) is 42.7 Å². The van der Waals surface area contributed by atoms with E-state index in [4.69, 9.17) is 8.92 Å². The lowest BCUT2D eigenvalue weighted by molar-refractivity contribution is -0.0660. The van der Waals surface area contributed by atoms with Gasteiger partial charge in [0.2, 0.25) is 5.95 Å². The molecule has 2 aliphatic heterocycles. The Kier molecular flexibility index (Phi) is 7.10. The average Bonchev–Trinajstić information content (AvgIpc) is 2.83. The molecule has 34 heavy (non-hydrogen) atoms. The van der Waals surface area contributed by atoms with E-state index in [2.05, 4.69) is 54.3 Å². The molecule has 9 nitrogen and oxygen atoms in total. The van der Waals surface area contributed by atoms with Crippen LogP contribution in [-0.4, -0.2) is 83.7 Å². The molecule has 10 heteroatoms. The topological polar surface area (TPSA) is 78.9 Å². The highest BCUT2D eigenvalue weighted by molar-refractivity contribution is 7.92. The molecular weight excluding hydrogens is 450 g/mol. The van der Waals surface area contributed by atoms with E-state index >= 15 is 0 Å². The van der Waals surface area contributed by atoms with Gasteiger partial charge in [-0.3, -0.25) is 4.90 Å². The molecule has 0 bridgehead atoms. The van der Waals surface area contributed by atoms with Crippen molar-refractivity contribution in [1.82, 2.24) is 24.2 Å². The number of nitrogens with zero attached hydrogens (tertiary/aromatic N) is 6. The molecule has 2 aliphatic rings. The van der Waals surface area contributed by atoms with Gasteiger partial charge in [0, 0.05) is 57.2 Å². The summed E-state index contributed by atoms with van der Waals surface area (Å²) >= 11 is 1.28. The van der Waals surface area contributed by atoms with E-state index in [1.165, 1.54) is 24.2 Å². The van der Waals surface area contributed by atoms with Gasteiger partial charge < -0.3 is 19.1 Å². The number of hydrogen-bond donors (Lipinski definition) is 1. The number of rotatable bonds is 8. The molecule has 5 rings (SSSR count). The van der Waals surface area contributed by atoms with E-state index in [0.29, 0.717) is 17.8 Å². The molecule has 0 aliphatic carbocycles. The van der Waals surface area contributed by atoms with Gasteiger partial charge in [0.1, 0.15) is 24.3 Å². The number of benzene rings is 2. The summed E-state index contributed by atoms with van der Waals surface area (Å²) in [5, 5.41) is 3.29. The largest absolute Gasteiger partial charge is 0.409 e. The minimum atomic E-state index is 0.512. The van der Waals surface area contributed by atoms with Gasteiger partial charge in [-0.15, -0.1) is 0 Å². The van der Waals surface area contributed by atoms with Crippen LogP contribution in [0.2, 0.25) is 0 Å². The highest BCUT2D eigenvalue weighted by Gasteiger charge is 2.28. The molecule has 178 valence electrons. The van der Waals surface area contributed by atoms with Crippen LogP contribution in [0.25, 0.3) is 11.4 Å². The molecular formula is C24H29N7O2S. The number of nitrogens with one attached hydrogen (secondary N) is 1. The lowest BCUT2D eigenvalue weighted by Gasteiger charge is -2.43. The Labute approximate surface area is 204 Å². The first-order valence-corrected chi connectivity index (χ1v) is 12.1. The minimum Gasteiger partial charge on any atom is -0.409 e. The molecule has 2 aromatic carbocycles. The van der Waals surface area contributed by atoms with Crippen molar-refractivity contribution in [2.45, 2.75) is 6.04 Å². The third kappa shape index (κ3) is 5.58. The summed E-state index contributed by atoms with van der Waals surface area (Å²) in [6, 6.07) is 16.7. The van der Waals surface area contributed by atoms with Crippen molar-refractivity contribution < 1.29 is 8.92 Å². The maximum absolute atomic E-state index is 5.60. The third-order valence-electron chi connectivity index (χ3n) is 5.91. The summed E-state index contributed by atoms with van der Waals surface area (Å²) in [7, 11) is 3.86. The Morgan fingerprint density at radius 1 is 0.971 bits per heavy atom. The van der Waals surface area contributed by atoms with Crippen LogP contribution >= 0.6 is 12.2 Å². The zero-order valence-corrected chi connectivity index (χ0v) is 20.2. The Hall–Kier alpha value is -2.92.